The van der Waals surface area contributed by atoms with E-state index >= 15 is 0 Å². The minimum absolute atomic E-state index is 0.0659. The SMILES string of the molecule is CCOC(=O)c1cnc(C(C)O)nc1CCl. The summed E-state index contributed by atoms with van der Waals surface area (Å²) in [4.78, 5) is 19.4. The van der Waals surface area contributed by atoms with Crippen LogP contribution >= 0.6 is 11.6 Å². The first-order valence-corrected chi connectivity index (χ1v) is 5.40. The third kappa shape index (κ3) is 2.90. The van der Waals surface area contributed by atoms with Crippen LogP contribution in [0.15, 0.2) is 6.20 Å². The summed E-state index contributed by atoms with van der Waals surface area (Å²) < 4.78 is 4.83. The summed E-state index contributed by atoms with van der Waals surface area (Å²) in [6.07, 6.45) is 0.531. The normalized spacial score (nSPS) is 12.2. The number of alkyl halides is 1. The van der Waals surface area contributed by atoms with Crippen LogP contribution in [0.4, 0.5) is 0 Å². The van der Waals surface area contributed by atoms with E-state index in [1.54, 1.807) is 6.92 Å². The summed E-state index contributed by atoms with van der Waals surface area (Å²) in [7, 11) is 0. The number of hydrogen-bond acceptors (Lipinski definition) is 5. The monoisotopic (exact) mass is 244 g/mol. The first-order chi connectivity index (χ1) is 7.60. The Morgan fingerprint density at radius 3 is 2.88 bits per heavy atom. The fraction of sp³-hybridized carbons (Fsp3) is 0.500. The minimum Gasteiger partial charge on any atom is -0.462 e. The first kappa shape index (κ1) is 12.9. The van der Waals surface area contributed by atoms with E-state index < -0.39 is 12.1 Å². The van der Waals surface area contributed by atoms with Crippen LogP contribution < -0.4 is 0 Å². The molecule has 0 aliphatic rings. The molecule has 1 heterocycles. The summed E-state index contributed by atoms with van der Waals surface area (Å²) in [6.45, 7) is 3.53. The zero-order valence-electron chi connectivity index (χ0n) is 9.11. The molecule has 0 spiro atoms. The van der Waals surface area contributed by atoms with Crippen molar-refractivity contribution < 1.29 is 14.6 Å². The third-order valence-electron chi connectivity index (χ3n) is 1.88. The van der Waals surface area contributed by atoms with Gasteiger partial charge >= 0.3 is 5.97 Å². The lowest BCUT2D eigenvalue weighted by molar-refractivity contribution is 0.0523. The van der Waals surface area contributed by atoms with Gasteiger partial charge in [-0.2, -0.15) is 0 Å². The molecule has 16 heavy (non-hydrogen) atoms. The Morgan fingerprint density at radius 2 is 2.38 bits per heavy atom. The minimum atomic E-state index is -0.793. The van der Waals surface area contributed by atoms with E-state index in [2.05, 4.69) is 9.97 Å². The molecule has 5 nitrogen and oxygen atoms in total. The van der Waals surface area contributed by atoms with E-state index in [1.807, 2.05) is 0 Å². The van der Waals surface area contributed by atoms with Gasteiger partial charge in [0.25, 0.3) is 0 Å². The van der Waals surface area contributed by atoms with Gasteiger partial charge in [0.05, 0.1) is 18.2 Å². The van der Waals surface area contributed by atoms with Crippen LogP contribution in [-0.4, -0.2) is 27.7 Å². The van der Waals surface area contributed by atoms with Gasteiger partial charge in [0, 0.05) is 6.20 Å². The molecule has 1 unspecified atom stereocenters. The molecule has 1 aromatic heterocycles. The van der Waals surface area contributed by atoms with Crippen molar-refractivity contribution in [1.82, 2.24) is 9.97 Å². The van der Waals surface area contributed by atoms with Gasteiger partial charge in [-0.3, -0.25) is 0 Å². The van der Waals surface area contributed by atoms with Crippen molar-refractivity contribution in [1.29, 1.82) is 0 Å². The van der Waals surface area contributed by atoms with E-state index in [0.29, 0.717) is 5.69 Å². The fourth-order valence-corrected chi connectivity index (χ4v) is 1.32. The van der Waals surface area contributed by atoms with Crippen molar-refractivity contribution in [2.24, 2.45) is 0 Å². The number of aromatic nitrogens is 2. The Bertz CT molecular complexity index is 382. The highest BCUT2D eigenvalue weighted by Gasteiger charge is 2.16. The number of carbonyl (C=O) groups excluding carboxylic acids is 1. The number of carbonyl (C=O) groups is 1. The van der Waals surface area contributed by atoms with Gasteiger partial charge in [0.15, 0.2) is 5.82 Å². The van der Waals surface area contributed by atoms with Gasteiger partial charge in [-0.15, -0.1) is 11.6 Å². The van der Waals surface area contributed by atoms with Crippen molar-refractivity contribution in [3.63, 3.8) is 0 Å². The molecular formula is C10H13ClN2O3. The van der Waals surface area contributed by atoms with Crippen LogP contribution in [0, 0.1) is 0 Å². The molecule has 6 heteroatoms. The Hall–Kier alpha value is -1.20. The molecule has 0 saturated carbocycles. The quantitative estimate of drug-likeness (QED) is 0.641. The number of ether oxygens (including phenoxy) is 1. The lowest BCUT2D eigenvalue weighted by atomic mass is 10.2. The molecule has 1 atom stereocenters. The van der Waals surface area contributed by atoms with Crippen molar-refractivity contribution >= 4 is 17.6 Å². The molecule has 0 aliphatic carbocycles. The van der Waals surface area contributed by atoms with Crippen LogP contribution in [0.2, 0.25) is 0 Å². The first-order valence-electron chi connectivity index (χ1n) is 4.87. The second kappa shape index (κ2) is 5.77. The van der Waals surface area contributed by atoms with E-state index in [1.165, 1.54) is 13.1 Å². The molecule has 1 N–H and O–H groups in total. The number of aliphatic hydroxyl groups is 1. The summed E-state index contributed by atoms with van der Waals surface area (Å²) >= 11 is 5.67. The Labute approximate surface area is 98.4 Å². The average Bonchev–Trinajstić information content (AvgIpc) is 2.28. The van der Waals surface area contributed by atoms with Crippen molar-refractivity contribution in [2.75, 3.05) is 6.61 Å². The second-order valence-corrected chi connectivity index (χ2v) is 3.39. The smallest absolute Gasteiger partial charge is 0.341 e. The van der Waals surface area contributed by atoms with Crippen LogP contribution in [0.1, 0.15) is 41.8 Å². The van der Waals surface area contributed by atoms with Gasteiger partial charge in [0.2, 0.25) is 0 Å². The zero-order chi connectivity index (χ0) is 12.1. The van der Waals surface area contributed by atoms with Crippen molar-refractivity contribution in [3.05, 3.63) is 23.3 Å². The topological polar surface area (TPSA) is 72.3 Å². The Balaban J connectivity index is 3.06. The molecule has 0 aromatic carbocycles. The van der Waals surface area contributed by atoms with E-state index in [0.717, 1.165) is 0 Å². The summed E-state index contributed by atoms with van der Waals surface area (Å²) in [5, 5.41) is 9.29. The lowest BCUT2D eigenvalue weighted by Crippen LogP contribution is -2.12. The van der Waals surface area contributed by atoms with Gasteiger partial charge in [-0.05, 0) is 13.8 Å². The number of rotatable bonds is 4. The fourth-order valence-electron chi connectivity index (χ4n) is 1.12. The van der Waals surface area contributed by atoms with E-state index in [4.69, 9.17) is 16.3 Å². The molecule has 0 aliphatic heterocycles. The lowest BCUT2D eigenvalue weighted by Gasteiger charge is -2.08. The number of aliphatic hydroxyl groups excluding tert-OH is 1. The predicted octanol–water partition coefficient (Wildman–Crippen LogP) is 1.45. The summed E-state index contributed by atoms with van der Waals surface area (Å²) in [6, 6.07) is 0. The maximum absolute atomic E-state index is 11.5. The summed E-state index contributed by atoms with van der Waals surface area (Å²) in [5.41, 5.74) is 0.604. The molecule has 1 rings (SSSR count). The van der Waals surface area contributed by atoms with E-state index in [9.17, 15) is 9.90 Å². The maximum atomic E-state index is 11.5. The Morgan fingerprint density at radius 1 is 1.69 bits per heavy atom. The van der Waals surface area contributed by atoms with Gasteiger partial charge in [-0.25, -0.2) is 14.8 Å². The summed E-state index contributed by atoms with van der Waals surface area (Å²) in [5.74, 6) is -0.199. The molecule has 0 radical (unpaired) electrons. The second-order valence-electron chi connectivity index (χ2n) is 3.12. The number of esters is 1. The molecule has 1 aromatic rings. The molecular weight excluding hydrogens is 232 g/mol. The predicted molar refractivity (Wildman–Crippen MR) is 58.2 cm³/mol. The molecule has 0 amide bonds. The highest BCUT2D eigenvalue weighted by Crippen LogP contribution is 2.13. The average molecular weight is 245 g/mol. The van der Waals surface area contributed by atoms with Crippen LogP contribution in [0.5, 0.6) is 0 Å². The highest BCUT2D eigenvalue weighted by atomic mass is 35.5. The van der Waals surface area contributed by atoms with E-state index in [-0.39, 0.29) is 23.9 Å². The van der Waals surface area contributed by atoms with Gasteiger partial charge in [0.1, 0.15) is 11.7 Å². The van der Waals surface area contributed by atoms with Crippen molar-refractivity contribution in [3.8, 4) is 0 Å². The number of nitrogens with zero attached hydrogens (tertiary/aromatic N) is 2. The van der Waals surface area contributed by atoms with Crippen LogP contribution in [-0.2, 0) is 10.6 Å². The zero-order valence-corrected chi connectivity index (χ0v) is 9.86. The Kier molecular flexibility index (Phi) is 4.64. The number of halogens is 1. The molecule has 0 fully saturated rings. The van der Waals surface area contributed by atoms with Crippen molar-refractivity contribution in [2.45, 2.75) is 25.8 Å². The molecule has 0 bridgehead atoms. The van der Waals surface area contributed by atoms with Crippen LogP contribution in [0.3, 0.4) is 0 Å². The van der Waals surface area contributed by atoms with Gasteiger partial charge < -0.3 is 9.84 Å². The largest absolute Gasteiger partial charge is 0.462 e. The third-order valence-corrected chi connectivity index (χ3v) is 2.14. The van der Waals surface area contributed by atoms with Crippen LogP contribution in [0.25, 0.3) is 0 Å². The number of hydrogen-bond donors (Lipinski definition) is 1. The molecule has 0 saturated heterocycles. The van der Waals surface area contributed by atoms with Gasteiger partial charge in [-0.1, -0.05) is 0 Å². The molecule has 88 valence electrons. The standard InChI is InChI=1S/C10H13ClN2O3/c1-3-16-10(15)7-5-12-9(6(2)14)13-8(7)4-11/h5-6,14H,3-4H2,1-2H3. The maximum Gasteiger partial charge on any atom is 0.341 e. The highest BCUT2D eigenvalue weighted by molar-refractivity contribution is 6.17.